The van der Waals surface area contributed by atoms with Crippen molar-refractivity contribution in [2.45, 2.75) is 26.7 Å². The second kappa shape index (κ2) is 7.49. The van der Waals surface area contributed by atoms with Crippen LogP contribution in [0.5, 0.6) is 0 Å². The van der Waals surface area contributed by atoms with Crippen LogP contribution in [0.3, 0.4) is 0 Å². The first-order valence-electron chi connectivity index (χ1n) is 7.26. The predicted molar refractivity (Wildman–Crippen MR) is 89.7 cm³/mol. The van der Waals surface area contributed by atoms with E-state index in [2.05, 4.69) is 79.8 Å². The highest BCUT2D eigenvalue weighted by Gasteiger charge is 1.98. The van der Waals surface area contributed by atoms with Crippen LogP contribution >= 0.6 is 0 Å². The minimum Gasteiger partial charge on any atom is -0.0917 e. The summed E-state index contributed by atoms with van der Waals surface area (Å²) in [5, 5.41) is 0. The molecule has 0 bridgehead atoms. The Balaban J connectivity index is 2.09. The van der Waals surface area contributed by atoms with Crippen molar-refractivity contribution in [1.82, 2.24) is 0 Å². The van der Waals surface area contributed by atoms with Crippen LogP contribution in [-0.2, 0) is 6.42 Å². The summed E-state index contributed by atoms with van der Waals surface area (Å²) in [5.74, 6) is 0. The quantitative estimate of drug-likeness (QED) is 0.589. The average molecular weight is 262 g/mol. The molecule has 0 fully saturated rings. The summed E-state index contributed by atoms with van der Waals surface area (Å²) in [5.41, 5.74) is 5.21. The predicted octanol–water partition coefficient (Wildman–Crippen LogP) is 5.90. The molecule has 0 unspecified atom stereocenters. The van der Waals surface area contributed by atoms with E-state index in [-0.39, 0.29) is 0 Å². The highest BCUT2D eigenvalue weighted by atomic mass is 14.0. The summed E-state index contributed by atoms with van der Waals surface area (Å²) in [4.78, 5) is 0. The molecule has 0 saturated heterocycles. The standard InChI is InChI=1S/C20H22/c1-3-5-6-8-18-11-15-20(16-12-18)19-13-9-17(7-4-2)10-14-19/h3-5,7,9-16H,6,8H2,1-2H3. The highest BCUT2D eigenvalue weighted by molar-refractivity contribution is 5.65. The molecule has 0 spiro atoms. The van der Waals surface area contributed by atoms with Gasteiger partial charge in [0.05, 0.1) is 0 Å². The van der Waals surface area contributed by atoms with Crippen molar-refractivity contribution < 1.29 is 0 Å². The van der Waals surface area contributed by atoms with Crippen LogP contribution in [0.1, 0.15) is 31.4 Å². The maximum Gasteiger partial charge on any atom is -0.0184 e. The van der Waals surface area contributed by atoms with E-state index in [9.17, 15) is 0 Å². The van der Waals surface area contributed by atoms with Gasteiger partial charge in [-0.3, -0.25) is 0 Å². The fourth-order valence-electron chi connectivity index (χ4n) is 2.26. The second-order valence-electron chi connectivity index (χ2n) is 4.93. The molecule has 0 heteroatoms. The van der Waals surface area contributed by atoms with Crippen molar-refractivity contribution in [3.05, 3.63) is 77.9 Å². The van der Waals surface area contributed by atoms with Crippen molar-refractivity contribution in [1.29, 1.82) is 0 Å². The van der Waals surface area contributed by atoms with E-state index in [1.165, 1.54) is 22.3 Å². The van der Waals surface area contributed by atoms with Crippen LogP contribution < -0.4 is 0 Å². The van der Waals surface area contributed by atoms with E-state index >= 15 is 0 Å². The number of aryl methyl sites for hydroxylation is 1. The number of rotatable bonds is 5. The molecule has 2 rings (SSSR count). The van der Waals surface area contributed by atoms with Crippen LogP contribution in [0.4, 0.5) is 0 Å². The number of benzene rings is 2. The third-order valence-corrected chi connectivity index (χ3v) is 3.39. The Hall–Kier alpha value is -2.08. The molecule has 2 aromatic rings. The lowest BCUT2D eigenvalue weighted by molar-refractivity contribution is 1.000. The maximum atomic E-state index is 2.23. The van der Waals surface area contributed by atoms with Gasteiger partial charge in [-0.25, -0.2) is 0 Å². The van der Waals surface area contributed by atoms with Crippen LogP contribution in [0.25, 0.3) is 17.2 Å². The number of hydrogen-bond donors (Lipinski definition) is 0. The normalized spacial score (nSPS) is 11.5. The van der Waals surface area contributed by atoms with Gasteiger partial charge in [0.15, 0.2) is 0 Å². The SMILES string of the molecule is CC=CCCc1ccc(-c2ccc(C=CC)cc2)cc1. The Morgan fingerprint density at radius 3 is 1.90 bits per heavy atom. The average Bonchev–Trinajstić information content (AvgIpc) is 2.49. The fourth-order valence-corrected chi connectivity index (χ4v) is 2.26. The van der Waals surface area contributed by atoms with Crippen molar-refractivity contribution in [3.8, 4) is 11.1 Å². The molecule has 0 amide bonds. The van der Waals surface area contributed by atoms with Crippen molar-refractivity contribution in [2.75, 3.05) is 0 Å². The van der Waals surface area contributed by atoms with Crippen LogP contribution in [0.2, 0.25) is 0 Å². The molecule has 0 N–H and O–H groups in total. The number of hydrogen-bond acceptors (Lipinski definition) is 0. The zero-order valence-corrected chi connectivity index (χ0v) is 12.3. The van der Waals surface area contributed by atoms with Crippen LogP contribution in [0.15, 0.2) is 66.8 Å². The summed E-state index contributed by atoms with van der Waals surface area (Å²) in [6.45, 7) is 4.11. The molecule has 2 aromatic carbocycles. The summed E-state index contributed by atoms with van der Waals surface area (Å²) in [6.07, 6.45) is 10.7. The number of allylic oxidation sites excluding steroid dienone is 3. The van der Waals surface area contributed by atoms with Crippen molar-refractivity contribution in [3.63, 3.8) is 0 Å². The molecule has 0 aliphatic heterocycles. The molecule has 0 heterocycles. The molecule has 0 nitrogen and oxygen atoms in total. The minimum absolute atomic E-state index is 1.12. The minimum atomic E-state index is 1.12. The summed E-state index contributed by atoms with van der Waals surface area (Å²) < 4.78 is 0. The third-order valence-electron chi connectivity index (χ3n) is 3.39. The van der Waals surface area contributed by atoms with Gasteiger partial charge < -0.3 is 0 Å². The fraction of sp³-hybridized carbons (Fsp3) is 0.200. The second-order valence-corrected chi connectivity index (χ2v) is 4.93. The van der Waals surface area contributed by atoms with E-state index in [1.807, 2.05) is 6.92 Å². The van der Waals surface area contributed by atoms with Crippen LogP contribution in [-0.4, -0.2) is 0 Å². The molecule has 102 valence electrons. The lowest BCUT2D eigenvalue weighted by atomic mass is 10.0. The van der Waals surface area contributed by atoms with Crippen molar-refractivity contribution >= 4 is 6.08 Å². The Bertz CT molecular complexity index is 568. The third kappa shape index (κ3) is 3.96. The Morgan fingerprint density at radius 2 is 1.35 bits per heavy atom. The smallest absolute Gasteiger partial charge is 0.0184 e. The largest absolute Gasteiger partial charge is 0.0917 e. The van der Waals surface area contributed by atoms with E-state index < -0.39 is 0 Å². The van der Waals surface area contributed by atoms with Gasteiger partial charge in [-0.05, 0) is 48.9 Å². The summed E-state index contributed by atoms with van der Waals surface area (Å²) >= 11 is 0. The van der Waals surface area contributed by atoms with Gasteiger partial charge in [0.25, 0.3) is 0 Å². The molecular weight excluding hydrogens is 240 g/mol. The topological polar surface area (TPSA) is 0 Å². The Labute approximate surface area is 122 Å². The summed E-state index contributed by atoms with van der Waals surface area (Å²) in [6, 6.07) is 17.6. The van der Waals surface area contributed by atoms with Gasteiger partial charge in [-0.1, -0.05) is 72.8 Å². The molecule has 0 aromatic heterocycles. The zero-order valence-electron chi connectivity index (χ0n) is 12.3. The first-order valence-corrected chi connectivity index (χ1v) is 7.26. The van der Waals surface area contributed by atoms with Gasteiger partial charge in [-0.2, -0.15) is 0 Å². The van der Waals surface area contributed by atoms with E-state index in [1.54, 1.807) is 0 Å². The van der Waals surface area contributed by atoms with Gasteiger partial charge >= 0.3 is 0 Å². The molecule has 0 radical (unpaired) electrons. The molecule has 0 aliphatic rings. The van der Waals surface area contributed by atoms with Gasteiger partial charge in [0.2, 0.25) is 0 Å². The molecular formula is C20H22. The van der Waals surface area contributed by atoms with Crippen LogP contribution in [0, 0.1) is 0 Å². The van der Waals surface area contributed by atoms with Gasteiger partial charge in [0.1, 0.15) is 0 Å². The first-order chi connectivity index (χ1) is 9.83. The van der Waals surface area contributed by atoms with Crippen molar-refractivity contribution in [2.24, 2.45) is 0 Å². The monoisotopic (exact) mass is 262 g/mol. The maximum absolute atomic E-state index is 2.23. The van der Waals surface area contributed by atoms with Gasteiger partial charge in [0, 0.05) is 0 Å². The molecule has 0 aliphatic carbocycles. The molecule has 20 heavy (non-hydrogen) atoms. The van der Waals surface area contributed by atoms with E-state index in [0.29, 0.717) is 0 Å². The van der Waals surface area contributed by atoms with Gasteiger partial charge in [-0.15, -0.1) is 0 Å². The Kier molecular flexibility index (Phi) is 5.37. The lowest BCUT2D eigenvalue weighted by Crippen LogP contribution is -1.84. The summed E-state index contributed by atoms with van der Waals surface area (Å²) in [7, 11) is 0. The molecule has 0 saturated carbocycles. The van der Waals surface area contributed by atoms with E-state index in [0.717, 1.165) is 12.8 Å². The van der Waals surface area contributed by atoms with E-state index in [4.69, 9.17) is 0 Å². The Morgan fingerprint density at radius 1 is 0.750 bits per heavy atom. The zero-order chi connectivity index (χ0) is 14.2. The molecule has 0 atom stereocenters. The lowest BCUT2D eigenvalue weighted by Gasteiger charge is -2.04. The highest BCUT2D eigenvalue weighted by Crippen LogP contribution is 2.21. The first kappa shape index (κ1) is 14.3.